The van der Waals surface area contributed by atoms with Crippen LogP contribution in [0, 0.1) is 5.41 Å². The highest BCUT2D eigenvalue weighted by molar-refractivity contribution is 5.95. The van der Waals surface area contributed by atoms with Crippen LogP contribution in [0.25, 0.3) is 5.69 Å². The molecule has 0 aliphatic carbocycles. The Morgan fingerprint density at radius 3 is 2.55 bits per heavy atom. The summed E-state index contributed by atoms with van der Waals surface area (Å²) in [5.41, 5.74) is 1.91. The Kier molecular flexibility index (Phi) is 6.16. The minimum Gasteiger partial charge on any atom is -0.466 e. The summed E-state index contributed by atoms with van der Waals surface area (Å²) in [5.74, 6) is -0.273. The van der Waals surface area contributed by atoms with Gasteiger partial charge in [0.2, 0.25) is 0 Å². The molecule has 0 radical (unpaired) electrons. The van der Waals surface area contributed by atoms with Crippen LogP contribution in [0.15, 0.2) is 73.3 Å². The Morgan fingerprint density at radius 2 is 1.87 bits per heavy atom. The maximum absolute atomic E-state index is 13.3. The van der Waals surface area contributed by atoms with Gasteiger partial charge in [0.05, 0.1) is 18.3 Å². The second kappa shape index (κ2) is 9.16. The van der Waals surface area contributed by atoms with Gasteiger partial charge in [-0.2, -0.15) is 0 Å². The molecular formula is C25H27N3O3. The van der Waals surface area contributed by atoms with Gasteiger partial charge >= 0.3 is 5.97 Å². The molecule has 6 heteroatoms. The van der Waals surface area contributed by atoms with Gasteiger partial charge in [0.15, 0.2) is 0 Å². The van der Waals surface area contributed by atoms with Gasteiger partial charge in [0, 0.05) is 36.7 Å². The maximum Gasteiger partial charge on any atom is 0.314 e. The van der Waals surface area contributed by atoms with Crippen molar-refractivity contribution in [1.29, 1.82) is 0 Å². The zero-order valence-corrected chi connectivity index (χ0v) is 17.7. The average molecular weight is 418 g/mol. The number of benzene rings is 2. The van der Waals surface area contributed by atoms with E-state index in [-0.39, 0.29) is 11.9 Å². The van der Waals surface area contributed by atoms with Gasteiger partial charge in [-0.3, -0.25) is 9.59 Å². The molecule has 0 N–H and O–H groups in total. The molecule has 0 unspecified atom stereocenters. The number of esters is 1. The van der Waals surface area contributed by atoms with Crippen LogP contribution in [-0.2, 0) is 16.0 Å². The van der Waals surface area contributed by atoms with E-state index in [1.165, 1.54) is 0 Å². The van der Waals surface area contributed by atoms with Crippen LogP contribution >= 0.6 is 0 Å². The molecule has 1 fully saturated rings. The summed E-state index contributed by atoms with van der Waals surface area (Å²) in [6.07, 6.45) is 7.34. The second-order valence-electron chi connectivity index (χ2n) is 8.01. The number of imidazole rings is 1. The van der Waals surface area contributed by atoms with Crippen LogP contribution in [0.1, 0.15) is 35.7 Å². The van der Waals surface area contributed by atoms with Crippen molar-refractivity contribution in [3.8, 4) is 5.69 Å². The van der Waals surface area contributed by atoms with Crippen LogP contribution in [0.5, 0.6) is 0 Å². The van der Waals surface area contributed by atoms with E-state index < -0.39 is 5.41 Å². The normalized spacial score (nSPS) is 18.5. The van der Waals surface area contributed by atoms with Crippen molar-refractivity contribution in [1.82, 2.24) is 14.5 Å². The predicted octanol–water partition coefficient (Wildman–Crippen LogP) is 3.90. The molecule has 1 amide bonds. The fourth-order valence-corrected chi connectivity index (χ4v) is 4.33. The van der Waals surface area contributed by atoms with Crippen LogP contribution in [0.2, 0.25) is 0 Å². The molecule has 1 atom stereocenters. The first-order chi connectivity index (χ1) is 15.1. The number of nitrogens with zero attached hydrogens (tertiary/aromatic N) is 3. The molecule has 3 aromatic rings. The Balaban J connectivity index is 1.55. The molecule has 1 aliphatic rings. The Labute approximate surface area is 182 Å². The van der Waals surface area contributed by atoms with E-state index in [0.29, 0.717) is 38.1 Å². The zero-order chi connectivity index (χ0) is 21.7. The quantitative estimate of drug-likeness (QED) is 0.571. The van der Waals surface area contributed by atoms with Crippen molar-refractivity contribution >= 4 is 11.9 Å². The maximum atomic E-state index is 13.3. The molecule has 1 aliphatic heterocycles. The van der Waals surface area contributed by atoms with Crippen LogP contribution in [-0.4, -0.2) is 46.0 Å². The van der Waals surface area contributed by atoms with E-state index in [2.05, 4.69) is 4.98 Å². The van der Waals surface area contributed by atoms with E-state index in [1.807, 2.05) is 72.3 Å². The third kappa shape index (κ3) is 4.53. The Bertz CT molecular complexity index is 1020. The SMILES string of the molecule is CCOC(=O)[C@@]1(Cc2ccccc2)CCCN(C(=O)c2ccc(-n3ccnc3)cc2)C1. The first kappa shape index (κ1) is 20.8. The highest BCUT2D eigenvalue weighted by Gasteiger charge is 2.44. The predicted molar refractivity (Wildman–Crippen MR) is 118 cm³/mol. The number of carbonyl (C=O) groups excluding carboxylic acids is 2. The molecule has 0 saturated carbocycles. The average Bonchev–Trinajstić information content (AvgIpc) is 3.35. The van der Waals surface area contributed by atoms with Gasteiger partial charge < -0.3 is 14.2 Å². The van der Waals surface area contributed by atoms with E-state index >= 15 is 0 Å². The van der Waals surface area contributed by atoms with E-state index in [0.717, 1.165) is 17.7 Å². The number of ether oxygens (including phenoxy) is 1. The number of amides is 1. The number of likely N-dealkylation sites (tertiary alicyclic amines) is 1. The summed E-state index contributed by atoms with van der Waals surface area (Å²) in [5, 5.41) is 0. The molecule has 2 heterocycles. The molecule has 1 aromatic heterocycles. The molecular weight excluding hydrogens is 390 g/mol. The molecule has 0 spiro atoms. The van der Waals surface area contributed by atoms with E-state index in [1.54, 1.807) is 17.4 Å². The van der Waals surface area contributed by atoms with Crippen molar-refractivity contribution in [2.24, 2.45) is 5.41 Å². The number of piperidine rings is 1. The summed E-state index contributed by atoms with van der Waals surface area (Å²) >= 11 is 0. The molecule has 2 aromatic carbocycles. The summed E-state index contributed by atoms with van der Waals surface area (Å²) in [6, 6.07) is 17.4. The molecule has 31 heavy (non-hydrogen) atoms. The third-order valence-corrected chi connectivity index (χ3v) is 5.87. The summed E-state index contributed by atoms with van der Waals surface area (Å²) in [7, 11) is 0. The largest absolute Gasteiger partial charge is 0.466 e. The minimum absolute atomic E-state index is 0.0568. The lowest BCUT2D eigenvalue weighted by molar-refractivity contribution is -0.158. The van der Waals surface area contributed by atoms with Gasteiger partial charge in [-0.05, 0) is 56.0 Å². The topological polar surface area (TPSA) is 64.4 Å². The number of carbonyl (C=O) groups is 2. The lowest BCUT2D eigenvalue weighted by Gasteiger charge is -2.41. The van der Waals surface area contributed by atoms with Gasteiger partial charge in [0.1, 0.15) is 0 Å². The summed E-state index contributed by atoms with van der Waals surface area (Å²) in [6.45, 7) is 3.15. The smallest absolute Gasteiger partial charge is 0.314 e. The first-order valence-corrected chi connectivity index (χ1v) is 10.7. The lowest BCUT2D eigenvalue weighted by Crippen LogP contribution is -2.51. The fourth-order valence-electron chi connectivity index (χ4n) is 4.33. The standard InChI is InChI=1S/C25H27N3O3/c1-2-31-24(30)25(17-20-7-4-3-5-8-20)13-6-15-27(18-25)23(29)21-9-11-22(12-10-21)28-16-14-26-19-28/h3-5,7-12,14,16,19H,2,6,13,15,17-18H2,1H3/t25-/m1/s1. The van der Waals surface area contributed by atoms with Gasteiger partial charge in [-0.1, -0.05) is 30.3 Å². The Hall–Kier alpha value is -3.41. The van der Waals surface area contributed by atoms with Crippen LogP contribution in [0.4, 0.5) is 0 Å². The van der Waals surface area contributed by atoms with E-state index in [4.69, 9.17) is 4.74 Å². The van der Waals surface area contributed by atoms with Crippen molar-refractivity contribution in [2.75, 3.05) is 19.7 Å². The molecule has 6 nitrogen and oxygen atoms in total. The number of hydrogen-bond donors (Lipinski definition) is 0. The number of rotatable bonds is 6. The number of aromatic nitrogens is 2. The van der Waals surface area contributed by atoms with E-state index in [9.17, 15) is 9.59 Å². The van der Waals surface area contributed by atoms with Crippen molar-refractivity contribution in [2.45, 2.75) is 26.2 Å². The zero-order valence-electron chi connectivity index (χ0n) is 17.7. The Morgan fingerprint density at radius 1 is 1.10 bits per heavy atom. The molecule has 0 bridgehead atoms. The fraction of sp³-hybridized carbons (Fsp3) is 0.320. The second-order valence-corrected chi connectivity index (χ2v) is 8.01. The molecule has 1 saturated heterocycles. The molecule has 160 valence electrons. The van der Waals surface area contributed by atoms with Crippen molar-refractivity contribution < 1.29 is 14.3 Å². The first-order valence-electron chi connectivity index (χ1n) is 10.7. The molecule has 4 rings (SSSR count). The van der Waals surface area contributed by atoms with Gasteiger partial charge in [0.25, 0.3) is 5.91 Å². The summed E-state index contributed by atoms with van der Waals surface area (Å²) < 4.78 is 7.35. The van der Waals surface area contributed by atoms with Gasteiger partial charge in [-0.15, -0.1) is 0 Å². The van der Waals surface area contributed by atoms with Crippen molar-refractivity contribution in [3.05, 3.63) is 84.4 Å². The van der Waals surface area contributed by atoms with Crippen molar-refractivity contribution in [3.63, 3.8) is 0 Å². The van der Waals surface area contributed by atoms with Crippen LogP contribution in [0.3, 0.4) is 0 Å². The highest BCUT2D eigenvalue weighted by Crippen LogP contribution is 2.36. The highest BCUT2D eigenvalue weighted by atomic mass is 16.5. The van der Waals surface area contributed by atoms with Gasteiger partial charge in [-0.25, -0.2) is 4.98 Å². The minimum atomic E-state index is -0.720. The third-order valence-electron chi connectivity index (χ3n) is 5.87. The summed E-state index contributed by atoms with van der Waals surface area (Å²) in [4.78, 5) is 32.2. The lowest BCUT2D eigenvalue weighted by atomic mass is 9.75. The number of hydrogen-bond acceptors (Lipinski definition) is 4. The van der Waals surface area contributed by atoms with Crippen LogP contribution < -0.4 is 0 Å². The monoisotopic (exact) mass is 417 g/mol.